The van der Waals surface area contributed by atoms with E-state index in [2.05, 4.69) is 11.9 Å². The van der Waals surface area contributed by atoms with Gasteiger partial charge < -0.3 is 14.8 Å². The summed E-state index contributed by atoms with van der Waals surface area (Å²) in [6, 6.07) is 10.6. The van der Waals surface area contributed by atoms with Gasteiger partial charge in [0.15, 0.2) is 0 Å². The predicted octanol–water partition coefficient (Wildman–Crippen LogP) is 4.25. The Morgan fingerprint density at radius 3 is 2.31 bits per heavy atom. The van der Waals surface area contributed by atoms with Crippen LogP contribution in [0.1, 0.15) is 52.1 Å². The van der Waals surface area contributed by atoms with Crippen LogP contribution in [-0.4, -0.2) is 50.9 Å². The summed E-state index contributed by atoms with van der Waals surface area (Å²) in [5.41, 5.74) is 2.13. The smallest absolute Gasteiger partial charge is 0.335 e. The zero-order chi connectivity index (χ0) is 26.0. The normalized spacial score (nSPS) is 11.6. The van der Waals surface area contributed by atoms with Crippen LogP contribution >= 0.6 is 11.3 Å². The summed E-state index contributed by atoms with van der Waals surface area (Å²) in [6.07, 6.45) is 7.40. The first-order valence-corrected chi connectivity index (χ1v) is 13.5. The van der Waals surface area contributed by atoms with E-state index in [0.717, 1.165) is 35.5 Å². The molecule has 0 atom stereocenters. The largest absolute Gasteiger partial charge is 0.478 e. The Morgan fingerprint density at radius 2 is 1.80 bits per heavy atom. The average Bonchev–Trinajstić information content (AvgIpc) is 3.41. The topological polar surface area (TPSA) is 147 Å². The van der Waals surface area contributed by atoms with Crippen LogP contribution in [0, 0.1) is 0 Å². The minimum absolute atomic E-state index is 0.249. The number of rotatable bonds is 10. The van der Waals surface area contributed by atoms with Gasteiger partial charge in [-0.2, -0.15) is 8.42 Å². The average molecular weight is 521 g/mol. The lowest BCUT2D eigenvalue weighted by Gasteiger charge is -2.08. The highest BCUT2D eigenvalue weighted by molar-refractivity contribution is 7.85. The highest BCUT2D eigenvalue weighted by Gasteiger charge is 2.13. The first kappa shape index (κ1) is 28.0. The van der Waals surface area contributed by atoms with Gasteiger partial charge in [0.2, 0.25) is 0 Å². The molecule has 0 saturated heterocycles. The van der Waals surface area contributed by atoms with E-state index >= 15 is 0 Å². The van der Waals surface area contributed by atoms with Gasteiger partial charge in [0.05, 0.1) is 17.5 Å². The molecule has 0 fully saturated rings. The fraction of sp³-hybridized carbons (Fsp3) is 0.292. The van der Waals surface area contributed by atoms with E-state index < -0.39 is 22.1 Å². The third-order valence-electron chi connectivity index (χ3n) is 4.73. The van der Waals surface area contributed by atoms with Crippen molar-refractivity contribution in [2.45, 2.75) is 39.2 Å². The molecule has 0 bridgehead atoms. The molecular weight excluding hydrogens is 492 g/mol. The Morgan fingerprint density at radius 1 is 1.14 bits per heavy atom. The lowest BCUT2D eigenvalue weighted by molar-refractivity contribution is -0.132. The minimum Gasteiger partial charge on any atom is -0.478 e. The standard InChI is InChI=1S/C23H24N2O4S.CH4O3S/c1-2-3-6-21-24-19(12-18(23(28)29)13-20-5-4-11-30-20)15-25(21)14-16-7-9-17(10-8-16)22(26)27;1-5(2,3)4/h4-5,7-12,15H,2-3,6,13-14H2,1H3,(H,26,27)(H,28,29);1H3,(H,2,3,4). The van der Waals surface area contributed by atoms with Gasteiger partial charge in [-0.1, -0.05) is 31.5 Å². The molecule has 2 aromatic heterocycles. The van der Waals surface area contributed by atoms with E-state index in [1.54, 1.807) is 30.3 Å². The maximum absolute atomic E-state index is 11.7. The molecule has 188 valence electrons. The summed E-state index contributed by atoms with van der Waals surface area (Å²) in [5, 5.41) is 20.6. The van der Waals surface area contributed by atoms with Crippen molar-refractivity contribution in [2.75, 3.05) is 6.26 Å². The van der Waals surface area contributed by atoms with Gasteiger partial charge in [-0.05, 0) is 41.6 Å². The second-order valence-electron chi connectivity index (χ2n) is 7.78. The van der Waals surface area contributed by atoms with E-state index in [1.165, 1.54) is 11.3 Å². The van der Waals surface area contributed by atoms with E-state index in [1.807, 2.05) is 28.3 Å². The number of carbonyl (C=O) groups is 2. The number of nitrogens with zero attached hydrogens (tertiary/aromatic N) is 2. The van der Waals surface area contributed by atoms with Crippen LogP contribution < -0.4 is 0 Å². The Balaban J connectivity index is 0.000000784. The number of aliphatic carboxylic acids is 1. The summed E-state index contributed by atoms with van der Waals surface area (Å²) >= 11 is 1.53. The van der Waals surface area contributed by atoms with Crippen molar-refractivity contribution < 1.29 is 32.8 Å². The number of unbranched alkanes of at least 4 members (excludes halogenated alkanes) is 1. The Kier molecular flexibility index (Phi) is 10.4. The van der Waals surface area contributed by atoms with Crippen molar-refractivity contribution in [3.8, 4) is 0 Å². The molecule has 0 aliphatic rings. The molecule has 35 heavy (non-hydrogen) atoms. The van der Waals surface area contributed by atoms with Crippen LogP contribution in [-0.2, 0) is 34.3 Å². The molecule has 0 aliphatic carbocycles. The third kappa shape index (κ3) is 10.3. The second-order valence-corrected chi connectivity index (χ2v) is 10.3. The van der Waals surface area contributed by atoms with Gasteiger partial charge in [-0.15, -0.1) is 11.3 Å². The van der Waals surface area contributed by atoms with Crippen molar-refractivity contribution in [2.24, 2.45) is 0 Å². The molecule has 0 saturated carbocycles. The van der Waals surface area contributed by atoms with Gasteiger partial charge in [0.1, 0.15) is 5.82 Å². The number of aromatic carboxylic acids is 1. The number of carboxylic acid groups (broad SMARTS) is 2. The maximum atomic E-state index is 11.7. The van der Waals surface area contributed by atoms with E-state index in [4.69, 9.17) is 9.66 Å². The van der Waals surface area contributed by atoms with E-state index in [-0.39, 0.29) is 5.56 Å². The van der Waals surface area contributed by atoms with Gasteiger partial charge >= 0.3 is 11.9 Å². The van der Waals surface area contributed by atoms with Crippen LogP contribution in [0.25, 0.3) is 6.08 Å². The molecule has 2 heterocycles. The van der Waals surface area contributed by atoms with Crippen LogP contribution in [0.4, 0.5) is 0 Å². The van der Waals surface area contributed by atoms with E-state index in [9.17, 15) is 23.1 Å². The molecule has 9 nitrogen and oxygen atoms in total. The van der Waals surface area contributed by atoms with Crippen molar-refractivity contribution >= 4 is 39.5 Å². The van der Waals surface area contributed by atoms with Gasteiger partial charge in [0, 0.05) is 36.0 Å². The van der Waals surface area contributed by atoms with Crippen molar-refractivity contribution in [3.63, 3.8) is 0 Å². The molecule has 3 N–H and O–H groups in total. The molecule has 0 unspecified atom stereocenters. The van der Waals surface area contributed by atoms with Crippen molar-refractivity contribution in [1.29, 1.82) is 0 Å². The molecule has 3 rings (SSSR count). The summed E-state index contributed by atoms with van der Waals surface area (Å²) in [5.74, 6) is -1.00. The Labute approximate surface area is 208 Å². The van der Waals surface area contributed by atoms with Gasteiger partial charge in [0.25, 0.3) is 10.1 Å². The van der Waals surface area contributed by atoms with Crippen molar-refractivity contribution in [1.82, 2.24) is 9.55 Å². The highest BCUT2D eigenvalue weighted by atomic mass is 32.2. The lowest BCUT2D eigenvalue weighted by Crippen LogP contribution is -2.05. The fourth-order valence-corrected chi connectivity index (χ4v) is 3.86. The summed E-state index contributed by atoms with van der Waals surface area (Å²) in [4.78, 5) is 28.4. The first-order chi connectivity index (χ1) is 16.5. The summed E-state index contributed by atoms with van der Waals surface area (Å²) in [7, 11) is -3.67. The van der Waals surface area contributed by atoms with Crippen LogP contribution in [0.2, 0.25) is 0 Å². The monoisotopic (exact) mass is 520 g/mol. The zero-order valence-electron chi connectivity index (χ0n) is 19.4. The Bertz CT molecular complexity index is 1250. The van der Waals surface area contributed by atoms with E-state index in [0.29, 0.717) is 30.5 Å². The van der Waals surface area contributed by atoms with Crippen LogP contribution in [0.5, 0.6) is 0 Å². The number of carboxylic acids is 2. The number of hydrogen-bond donors (Lipinski definition) is 3. The number of aromatic nitrogens is 2. The molecular formula is C24H28N2O7S2. The maximum Gasteiger partial charge on any atom is 0.335 e. The van der Waals surface area contributed by atoms with Crippen LogP contribution in [0.3, 0.4) is 0 Å². The minimum atomic E-state index is -3.67. The lowest BCUT2D eigenvalue weighted by atomic mass is 10.1. The molecule has 0 radical (unpaired) electrons. The highest BCUT2D eigenvalue weighted by Crippen LogP contribution is 2.18. The quantitative estimate of drug-likeness (QED) is 0.266. The zero-order valence-corrected chi connectivity index (χ0v) is 21.1. The molecule has 3 aromatic rings. The number of hydrogen-bond acceptors (Lipinski definition) is 6. The Hall–Kier alpha value is -3.28. The summed E-state index contributed by atoms with van der Waals surface area (Å²) < 4.78 is 27.9. The second kappa shape index (κ2) is 13.0. The number of imidazole rings is 1. The molecule has 0 amide bonds. The van der Waals surface area contributed by atoms with Gasteiger partial charge in [-0.25, -0.2) is 14.6 Å². The molecule has 1 aromatic carbocycles. The SMILES string of the molecule is CCCCc1nc(C=C(Cc2cccs2)C(=O)O)cn1Cc1ccc(C(=O)O)cc1.CS(=O)(=O)O. The third-order valence-corrected chi connectivity index (χ3v) is 5.60. The van der Waals surface area contributed by atoms with Crippen molar-refractivity contribution in [3.05, 3.63) is 81.1 Å². The molecule has 11 heteroatoms. The number of aryl methyl sites for hydroxylation is 1. The predicted molar refractivity (Wildman–Crippen MR) is 134 cm³/mol. The molecule has 0 spiro atoms. The fourth-order valence-electron chi connectivity index (χ4n) is 3.13. The molecule has 0 aliphatic heterocycles. The summed E-state index contributed by atoms with van der Waals surface area (Å²) in [6.45, 7) is 2.66. The first-order valence-electron chi connectivity index (χ1n) is 10.7. The number of benzene rings is 1. The van der Waals surface area contributed by atoms with Gasteiger partial charge in [-0.3, -0.25) is 4.55 Å². The van der Waals surface area contributed by atoms with Crippen LogP contribution in [0.15, 0.2) is 53.5 Å². The number of thiophene rings is 1.